The highest BCUT2D eigenvalue weighted by Crippen LogP contribution is 2.40. The number of benzene rings is 4. The first-order valence-corrected chi connectivity index (χ1v) is 9.78. The van der Waals surface area contributed by atoms with Gasteiger partial charge in [-0.15, -0.1) is 0 Å². The summed E-state index contributed by atoms with van der Waals surface area (Å²) < 4.78 is 8.61. The molecule has 0 radical (unpaired) electrons. The molecule has 0 saturated carbocycles. The predicted molar refractivity (Wildman–Crippen MR) is 117 cm³/mol. The Balaban J connectivity index is 1.91. The molecule has 28 heavy (non-hydrogen) atoms. The molecule has 0 aliphatic carbocycles. The fourth-order valence-corrected chi connectivity index (χ4v) is 4.43. The van der Waals surface area contributed by atoms with Crippen molar-refractivity contribution in [2.24, 2.45) is 0 Å². The van der Waals surface area contributed by atoms with Crippen LogP contribution in [0.1, 0.15) is 12.5 Å². The monoisotopic (exact) mass is 361 g/mol. The molecule has 4 aromatic carbocycles. The second-order valence-electron chi connectivity index (χ2n) is 7.31. The Morgan fingerprint density at radius 3 is 2.36 bits per heavy atom. The van der Waals surface area contributed by atoms with E-state index in [1.807, 2.05) is 0 Å². The molecular weight excluding hydrogens is 342 g/mol. The van der Waals surface area contributed by atoms with Crippen LogP contribution in [0.15, 0.2) is 89.3 Å². The van der Waals surface area contributed by atoms with Crippen molar-refractivity contribution >= 4 is 43.7 Å². The van der Waals surface area contributed by atoms with E-state index in [9.17, 15) is 0 Å². The number of aryl methyl sites for hydroxylation is 1. The van der Waals surface area contributed by atoms with Crippen LogP contribution in [0.4, 0.5) is 0 Å². The van der Waals surface area contributed by atoms with E-state index in [2.05, 4.69) is 96.4 Å². The molecule has 0 atom stereocenters. The maximum Gasteiger partial charge on any atom is 0.137 e. The van der Waals surface area contributed by atoms with Crippen molar-refractivity contribution in [3.05, 3.63) is 90.5 Å². The maximum absolute atomic E-state index is 6.23. The van der Waals surface area contributed by atoms with E-state index in [-0.39, 0.29) is 0 Å². The largest absolute Gasteiger partial charge is 0.456 e. The fourth-order valence-electron chi connectivity index (χ4n) is 4.43. The summed E-state index contributed by atoms with van der Waals surface area (Å²) in [6.07, 6.45) is 1.01. The summed E-state index contributed by atoms with van der Waals surface area (Å²) in [4.78, 5) is 0. The zero-order chi connectivity index (χ0) is 18.7. The zero-order valence-electron chi connectivity index (χ0n) is 15.6. The van der Waals surface area contributed by atoms with Crippen LogP contribution in [0, 0.1) is 0 Å². The number of rotatable bonds is 2. The Morgan fingerprint density at radius 1 is 0.714 bits per heavy atom. The lowest BCUT2D eigenvalue weighted by atomic mass is 10.1. The average molecular weight is 361 g/mol. The van der Waals surface area contributed by atoms with Gasteiger partial charge in [0.15, 0.2) is 0 Å². The summed E-state index contributed by atoms with van der Waals surface area (Å²) in [5.41, 5.74) is 6.83. The van der Waals surface area contributed by atoms with Crippen LogP contribution < -0.4 is 0 Å². The normalized spacial score (nSPS) is 11.9. The molecule has 0 bridgehead atoms. The van der Waals surface area contributed by atoms with Crippen molar-refractivity contribution in [3.8, 4) is 5.69 Å². The van der Waals surface area contributed by atoms with Gasteiger partial charge in [0.05, 0.1) is 16.4 Å². The summed E-state index contributed by atoms with van der Waals surface area (Å²) in [6.45, 7) is 2.19. The van der Waals surface area contributed by atoms with Crippen LogP contribution in [0.25, 0.3) is 49.4 Å². The van der Waals surface area contributed by atoms with E-state index in [0.29, 0.717) is 0 Å². The van der Waals surface area contributed by atoms with E-state index in [4.69, 9.17) is 4.42 Å². The molecule has 2 heteroatoms. The number of nitrogens with zero attached hydrogens (tertiary/aromatic N) is 1. The Labute approximate surface area is 162 Å². The quantitative estimate of drug-likeness (QED) is 0.318. The van der Waals surface area contributed by atoms with Crippen molar-refractivity contribution in [2.45, 2.75) is 13.3 Å². The highest BCUT2D eigenvalue weighted by atomic mass is 16.3. The van der Waals surface area contributed by atoms with Crippen LogP contribution in [-0.4, -0.2) is 4.57 Å². The van der Waals surface area contributed by atoms with Gasteiger partial charge in [-0.1, -0.05) is 49.4 Å². The number of furan rings is 1. The first-order valence-electron chi connectivity index (χ1n) is 9.78. The summed E-state index contributed by atoms with van der Waals surface area (Å²) in [5, 5.41) is 4.92. The van der Waals surface area contributed by atoms with Gasteiger partial charge in [-0.25, -0.2) is 0 Å². The number of fused-ring (bicyclic) bond motifs is 7. The van der Waals surface area contributed by atoms with Crippen molar-refractivity contribution < 1.29 is 4.42 Å². The standard InChI is InChI=1S/C26H19NO/c1-2-17-12-14-23-21(16-17)25-24(28-23)15-13-20-19-10-6-7-11-22(19)27(26(20)25)18-8-4-3-5-9-18/h3-16H,2H2,1H3. The average Bonchev–Trinajstić information content (AvgIpc) is 3.29. The number of para-hydroxylation sites is 2. The molecule has 6 aromatic rings. The molecule has 0 N–H and O–H groups in total. The predicted octanol–water partition coefficient (Wildman–Crippen LogP) is 7.25. The highest BCUT2D eigenvalue weighted by molar-refractivity contribution is 6.24. The van der Waals surface area contributed by atoms with Crippen molar-refractivity contribution in [2.75, 3.05) is 0 Å². The molecule has 2 aromatic heterocycles. The molecule has 6 rings (SSSR count). The molecule has 0 unspecified atom stereocenters. The minimum atomic E-state index is 0.941. The van der Waals surface area contributed by atoms with E-state index < -0.39 is 0 Å². The lowest BCUT2D eigenvalue weighted by molar-refractivity contribution is 0.669. The van der Waals surface area contributed by atoms with Crippen LogP contribution in [0.5, 0.6) is 0 Å². The molecule has 2 heterocycles. The lowest BCUT2D eigenvalue weighted by Crippen LogP contribution is -1.93. The van der Waals surface area contributed by atoms with Crippen molar-refractivity contribution in [3.63, 3.8) is 0 Å². The summed E-state index contributed by atoms with van der Waals surface area (Å²) in [7, 11) is 0. The number of aromatic nitrogens is 1. The minimum absolute atomic E-state index is 0.941. The van der Waals surface area contributed by atoms with Crippen LogP contribution in [0.2, 0.25) is 0 Å². The van der Waals surface area contributed by atoms with E-state index in [0.717, 1.165) is 17.6 Å². The van der Waals surface area contributed by atoms with Gasteiger partial charge in [0.2, 0.25) is 0 Å². The van der Waals surface area contributed by atoms with Gasteiger partial charge < -0.3 is 8.98 Å². The van der Waals surface area contributed by atoms with E-state index >= 15 is 0 Å². The first-order chi connectivity index (χ1) is 13.8. The Bertz CT molecular complexity index is 1490. The molecular formula is C26H19NO. The lowest BCUT2D eigenvalue weighted by Gasteiger charge is -2.08. The fraction of sp³-hybridized carbons (Fsp3) is 0.0769. The van der Waals surface area contributed by atoms with Crippen molar-refractivity contribution in [1.29, 1.82) is 0 Å². The molecule has 0 saturated heterocycles. The third-order valence-corrected chi connectivity index (χ3v) is 5.75. The smallest absolute Gasteiger partial charge is 0.137 e. The number of hydrogen-bond donors (Lipinski definition) is 0. The summed E-state index contributed by atoms with van der Waals surface area (Å²) in [6, 6.07) is 30.1. The van der Waals surface area contributed by atoms with Gasteiger partial charge in [-0.3, -0.25) is 0 Å². The molecule has 0 aliphatic rings. The first kappa shape index (κ1) is 15.5. The summed E-state index contributed by atoms with van der Waals surface area (Å²) in [5.74, 6) is 0. The Hall–Kier alpha value is -3.52. The van der Waals surface area contributed by atoms with E-state index in [1.165, 1.54) is 43.8 Å². The van der Waals surface area contributed by atoms with Gasteiger partial charge in [-0.2, -0.15) is 0 Å². The van der Waals surface area contributed by atoms with Crippen molar-refractivity contribution in [1.82, 2.24) is 4.57 Å². The Morgan fingerprint density at radius 2 is 1.50 bits per heavy atom. The van der Waals surface area contributed by atoms with Gasteiger partial charge in [0.25, 0.3) is 0 Å². The molecule has 2 nitrogen and oxygen atoms in total. The van der Waals surface area contributed by atoms with Gasteiger partial charge in [0, 0.05) is 21.8 Å². The van der Waals surface area contributed by atoms with Gasteiger partial charge in [-0.05, 0) is 54.4 Å². The van der Waals surface area contributed by atoms with Gasteiger partial charge in [0.1, 0.15) is 11.2 Å². The summed E-state index contributed by atoms with van der Waals surface area (Å²) >= 11 is 0. The SMILES string of the molecule is CCc1ccc2oc3ccc4c5ccccc5n(-c5ccccc5)c4c3c2c1. The second kappa shape index (κ2) is 5.74. The Kier molecular flexibility index (Phi) is 3.18. The second-order valence-corrected chi connectivity index (χ2v) is 7.31. The van der Waals surface area contributed by atoms with Crippen LogP contribution >= 0.6 is 0 Å². The molecule has 0 amide bonds. The van der Waals surface area contributed by atoms with Gasteiger partial charge >= 0.3 is 0 Å². The maximum atomic E-state index is 6.23. The molecule has 0 fully saturated rings. The van der Waals surface area contributed by atoms with Crippen LogP contribution in [-0.2, 0) is 6.42 Å². The molecule has 0 spiro atoms. The topological polar surface area (TPSA) is 18.1 Å². The third-order valence-electron chi connectivity index (χ3n) is 5.75. The third kappa shape index (κ3) is 2.03. The molecule has 134 valence electrons. The minimum Gasteiger partial charge on any atom is -0.456 e. The number of hydrogen-bond acceptors (Lipinski definition) is 1. The zero-order valence-corrected chi connectivity index (χ0v) is 15.6. The van der Waals surface area contributed by atoms with Crippen LogP contribution in [0.3, 0.4) is 0 Å². The molecule has 0 aliphatic heterocycles. The highest BCUT2D eigenvalue weighted by Gasteiger charge is 2.18. The van der Waals surface area contributed by atoms with E-state index in [1.54, 1.807) is 0 Å².